The van der Waals surface area contributed by atoms with Gasteiger partial charge < -0.3 is 14.6 Å². The average Bonchev–Trinajstić information content (AvgIpc) is 3.21. The van der Waals surface area contributed by atoms with E-state index >= 15 is 0 Å². The third kappa shape index (κ3) is 4.31. The second-order valence-electron chi connectivity index (χ2n) is 8.83. The number of aromatic nitrogens is 1. The van der Waals surface area contributed by atoms with Crippen LogP contribution >= 0.6 is 11.3 Å². The largest absolute Gasteiger partial charge is 0.454 e. The number of para-hydroxylation sites is 2. The molecular weight excluding hydrogens is 462 g/mol. The monoisotopic (exact) mass is 485 g/mol. The van der Waals surface area contributed by atoms with Crippen molar-refractivity contribution in [1.82, 2.24) is 4.57 Å². The van der Waals surface area contributed by atoms with Crippen LogP contribution in [0, 0.1) is 17.2 Å². The first kappa shape index (κ1) is 22.8. The van der Waals surface area contributed by atoms with Gasteiger partial charge >= 0.3 is 5.97 Å². The Bertz CT molecular complexity index is 1520. The van der Waals surface area contributed by atoms with Crippen LogP contribution in [0.5, 0.6) is 0 Å². The summed E-state index contributed by atoms with van der Waals surface area (Å²) in [4.78, 5) is 39.3. The summed E-state index contributed by atoms with van der Waals surface area (Å²) in [6.07, 6.45) is 2.76. The molecule has 0 fully saturated rings. The summed E-state index contributed by atoms with van der Waals surface area (Å²) in [7, 11) is 0. The lowest BCUT2D eigenvalue weighted by Gasteiger charge is -2.17. The molecule has 35 heavy (non-hydrogen) atoms. The van der Waals surface area contributed by atoms with E-state index in [0.29, 0.717) is 38.3 Å². The van der Waals surface area contributed by atoms with Gasteiger partial charge in [-0.2, -0.15) is 5.26 Å². The van der Waals surface area contributed by atoms with Crippen molar-refractivity contribution in [3.63, 3.8) is 0 Å². The topological polar surface area (TPSA) is 101 Å². The van der Waals surface area contributed by atoms with Gasteiger partial charge in [0.05, 0.1) is 16.6 Å². The maximum Gasteiger partial charge on any atom is 0.326 e. The number of hydrogen-bond acceptors (Lipinski definition) is 6. The lowest BCUT2D eigenvalue weighted by molar-refractivity contribution is -0.147. The summed E-state index contributed by atoms with van der Waals surface area (Å²) in [5.41, 5.74) is 2.69. The van der Waals surface area contributed by atoms with Crippen molar-refractivity contribution in [1.29, 1.82) is 5.26 Å². The highest BCUT2D eigenvalue weighted by molar-refractivity contribution is 7.16. The van der Waals surface area contributed by atoms with Crippen LogP contribution in [-0.4, -0.2) is 23.1 Å². The van der Waals surface area contributed by atoms with Crippen molar-refractivity contribution in [3.8, 4) is 6.07 Å². The van der Waals surface area contributed by atoms with Gasteiger partial charge in [-0.25, -0.2) is 0 Å². The van der Waals surface area contributed by atoms with Gasteiger partial charge in [0, 0.05) is 15.6 Å². The van der Waals surface area contributed by atoms with Gasteiger partial charge in [0.15, 0.2) is 12.0 Å². The smallest absolute Gasteiger partial charge is 0.326 e. The van der Waals surface area contributed by atoms with E-state index in [0.717, 1.165) is 29.7 Å². The molecule has 1 unspecified atom stereocenters. The van der Waals surface area contributed by atoms with E-state index in [1.54, 1.807) is 53.1 Å². The van der Waals surface area contributed by atoms with Crippen molar-refractivity contribution in [3.05, 3.63) is 74.8 Å². The molecule has 8 heteroatoms. The number of nitriles is 1. The molecule has 4 aromatic rings. The van der Waals surface area contributed by atoms with Crippen molar-refractivity contribution in [2.45, 2.75) is 32.7 Å². The van der Waals surface area contributed by atoms with Gasteiger partial charge in [-0.05, 0) is 55.0 Å². The molecule has 5 rings (SSSR count). The lowest BCUT2D eigenvalue weighted by atomic mass is 9.89. The van der Waals surface area contributed by atoms with E-state index < -0.39 is 18.5 Å². The molecule has 2 aromatic carbocycles. The number of anilines is 1. The van der Waals surface area contributed by atoms with E-state index in [4.69, 9.17) is 4.74 Å². The average molecular weight is 486 g/mol. The third-order valence-electron chi connectivity index (χ3n) is 6.41. The number of carbonyl (C=O) groups excluding carboxylic acids is 2. The summed E-state index contributed by atoms with van der Waals surface area (Å²) >= 11 is 1.43. The number of fused-ring (bicyclic) bond motifs is 3. The van der Waals surface area contributed by atoms with Gasteiger partial charge in [0.25, 0.3) is 5.91 Å². The Morgan fingerprint density at radius 2 is 1.80 bits per heavy atom. The predicted molar refractivity (Wildman–Crippen MR) is 136 cm³/mol. The van der Waals surface area contributed by atoms with Crippen molar-refractivity contribution < 1.29 is 14.3 Å². The number of rotatable bonds is 5. The number of hydrogen-bond donors (Lipinski definition) is 1. The fraction of sp³-hybridized carbons (Fsp3) is 0.259. The number of nitrogens with zero attached hydrogens (tertiary/aromatic N) is 2. The maximum absolute atomic E-state index is 12.9. The Hall–Kier alpha value is -3.96. The van der Waals surface area contributed by atoms with E-state index in [2.05, 4.69) is 18.3 Å². The zero-order valence-electron chi connectivity index (χ0n) is 19.2. The van der Waals surface area contributed by atoms with Gasteiger partial charge in [0.1, 0.15) is 17.6 Å². The molecule has 1 aliphatic carbocycles. The number of carbonyl (C=O) groups is 2. The van der Waals surface area contributed by atoms with Crippen LogP contribution in [-0.2, 0) is 33.7 Å². The summed E-state index contributed by atoms with van der Waals surface area (Å²) in [5.74, 6) is -0.535. The maximum atomic E-state index is 12.9. The van der Waals surface area contributed by atoms with Crippen molar-refractivity contribution >= 4 is 50.0 Å². The van der Waals surface area contributed by atoms with Gasteiger partial charge in [-0.3, -0.25) is 14.4 Å². The minimum atomic E-state index is -0.598. The fourth-order valence-corrected chi connectivity index (χ4v) is 6.07. The highest BCUT2D eigenvalue weighted by atomic mass is 32.1. The highest BCUT2D eigenvalue weighted by Crippen LogP contribution is 2.39. The Morgan fingerprint density at radius 1 is 1.14 bits per heavy atom. The molecule has 1 N–H and O–H groups in total. The first-order valence-corrected chi connectivity index (χ1v) is 12.3. The summed E-state index contributed by atoms with van der Waals surface area (Å²) in [6, 6.07) is 16.4. The quantitative estimate of drug-likeness (QED) is 0.334. The van der Waals surface area contributed by atoms with Gasteiger partial charge in [-0.1, -0.05) is 31.2 Å². The minimum Gasteiger partial charge on any atom is -0.454 e. The molecule has 0 saturated carbocycles. The number of pyridine rings is 1. The number of thiophene rings is 1. The molecule has 1 atom stereocenters. The molecule has 0 saturated heterocycles. The molecule has 176 valence electrons. The Balaban J connectivity index is 1.32. The fourth-order valence-electron chi connectivity index (χ4n) is 4.69. The zero-order chi connectivity index (χ0) is 24.5. The van der Waals surface area contributed by atoms with Gasteiger partial charge in [0.2, 0.25) is 0 Å². The van der Waals surface area contributed by atoms with Crippen molar-refractivity contribution in [2.75, 3.05) is 11.9 Å². The van der Waals surface area contributed by atoms with Crippen LogP contribution in [0.25, 0.3) is 21.8 Å². The molecule has 0 spiro atoms. The van der Waals surface area contributed by atoms with Crippen LogP contribution in [0.1, 0.15) is 29.3 Å². The number of benzene rings is 2. The van der Waals surface area contributed by atoms with E-state index in [9.17, 15) is 19.6 Å². The molecule has 0 aliphatic heterocycles. The Labute approximate surface area is 205 Å². The molecule has 2 aromatic heterocycles. The van der Waals surface area contributed by atoms with Crippen LogP contribution < -0.4 is 10.7 Å². The molecule has 1 aliphatic rings. The van der Waals surface area contributed by atoms with E-state index in [1.165, 1.54) is 11.3 Å². The molecule has 2 heterocycles. The van der Waals surface area contributed by atoms with Crippen LogP contribution in [0.3, 0.4) is 0 Å². The Morgan fingerprint density at radius 3 is 2.46 bits per heavy atom. The predicted octanol–water partition coefficient (Wildman–Crippen LogP) is 4.39. The molecular formula is C27H23N3O4S. The molecule has 1 amide bonds. The lowest BCUT2D eigenvalue weighted by Crippen LogP contribution is -2.24. The number of ether oxygens (including phenoxy) is 1. The second kappa shape index (κ2) is 9.35. The van der Waals surface area contributed by atoms with Gasteiger partial charge in [-0.15, -0.1) is 11.3 Å². The summed E-state index contributed by atoms with van der Waals surface area (Å²) in [5, 5.41) is 13.9. The third-order valence-corrected chi connectivity index (χ3v) is 7.58. The molecule has 0 radical (unpaired) electrons. The standard InChI is InChI=1S/C27H23N3O4S/c1-16-10-11-17-20(13-28)27(35-23(17)12-16)29-24(31)15-34-25(32)14-30-21-8-4-2-6-18(21)26(33)19-7-3-5-9-22(19)30/h2-9,16H,10-12,14-15H2,1H3,(H,29,31). The summed E-state index contributed by atoms with van der Waals surface area (Å²) < 4.78 is 7.00. The summed E-state index contributed by atoms with van der Waals surface area (Å²) in [6.45, 7) is 1.57. The van der Waals surface area contributed by atoms with E-state index in [-0.39, 0.29) is 12.0 Å². The second-order valence-corrected chi connectivity index (χ2v) is 9.93. The number of amides is 1. The normalized spacial score (nSPS) is 14.9. The Kier molecular flexibility index (Phi) is 6.10. The van der Waals surface area contributed by atoms with E-state index in [1.807, 2.05) is 0 Å². The SMILES string of the molecule is CC1CCc2c(sc(NC(=O)COC(=O)Cn3c4ccccc4c(=O)c4ccccc43)c2C#N)C1. The molecule has 0 bridgehead atoms. The first-order valence-electron chi connectivity index (χ1n) is 11.5. The molecule has 7 nitrogen and oxygen atoms in total. The minimum absolute atomic E-state index is 0.0958. The number of esters is 1. The van der Waals surface area contributed by atoms with Crippen LogP contribution in [0.4, 0.5) is 5.00 Å². The number of nitrogens with one attached hydrogen (secondary N) is 1. The van der Waals surface area contributed by atoms with Crippen molar-refractivity contribution in [2.24, 2.45) is 5.92 Å². The zero-order valence-corrected chi connectivity index (χ0v) is 20.0. The van der Waals surface area contributed by atoms with Crippen LogP contribution in [0.2, 0.25) is 0 Å². The van der Waals surface area contributed by atoms with Crippen LogP contribution in [0.15, 0.2) is 53.3 Å². The highest BCUT2D eigenvalue weighted by Gasteiger charge is 2.25. The first-order chi connectivity index (χ1) is 17.0.